The molecule has 1 N–H and O–H groups in total. The number of nitrogens with one attached hydrogen (secondary N) is 1. The average molecular weight is 408 g/mol. The van der Waals surface area contributed by atoms with Gasteiger partial charge in [-0.3, -0.25) is 9.59 Å². The van der Waals surface area contributed by atoms with Crippen LogP contribution in [0.25, 0.3) is 0 Å². The number of piperidine rings is 1. The van der Waals surface area contributed by atoms with Crippen molar-refractivity contribution in [2.24, 2.45) is 0 Å². The lowest BCUT2D eigenvalue weighted by Crippen LogP contribution is -2.41. The summed E-state index contributed by atoms with van der Waals surface area (Å²) in [6.07, 6.45) is 4.06. The predicted octanol–water partition coefficient (Wildman–Crippen LogP) is 2.72. The first-order chi connectivity index (χ1) is 14.6. The number of fused-ring (bicyclic) bond motifs is 1. The number of aromatic nitrogens is 2. The zero-order valence-corrected chi connectivity index (χ0v) is 17.7. The second kappa shape index (κ2) is 8.81. The number of rotatable bonds is 4. The van der Waals surface area contributed by atoms with Crippen molar-refractivity contribution in [3.05, 3.63) is 53.0 Å². The van der Waals surface area contributed by atoms with E-state index < -0.39 is 0 Å². The maximum Gasteiger partial charge on any atom is 0.227 e. The molecule has 1 aromatic carbocycles. The lowest BCUT2D eigenvalue weighted by atomic mass is 9.99. The summed E-state index contributed by atoms with van der Waals surface area (Å²) < 4.78 is 0. The number of benzene rings is 1. The average Bonchev–Trinajstić information content (AvgIpc) is 2.78. The van der Waals surface area contributed by atoms with Crippen molar-refractivity contribution in [3.8, 4) is 0 Å². The molecule has 1 aromatic heterocycles. The Morgan fingerprint density at radius 1 is 1.13 bits per heavy atom. The largest absolute Gasteiger partial charge is 0.373 e. The normalized spacial score (nSPS) is 18.7. The molecule has 0 radical (unpaired) electrons. The second-order valence-corrected chi connectivity index (χ2v) is 8.06. The number of carbonyl (C=O) groups excluding carboxylic acids is 2. The SMILES string of the molecule is CNc1nc(C2CCCCN2C(=O)Cc2ccccc2)nc2c1CN(C(C)=O)CC2. The minimum Gasteiger partial charge on any atom is -0.373 e. The van der Waals surface area contributed by atoms with E-state index in [2.05, 4.69) is 5.32 Å². The summed E-state index contributed by atoms with van der Waals surface area (Å²) in [7, 11) is 1.85. The van der Waals surface area contributed by atoms with E-state index in [0.29, 0.717) is 25.9 Å². The van der Waals surface area contributed by atoms with Crippen LogP contribution in [0.4, 0.5) is 5.82 Å². The first-order valence-corrected chi connectivity index (χ1v) is 10.7. The van der Waals surface area contributed by atoms with Gasteiger partial charge in [0.2, 0.25) is 11.8 Å². The first kappa shape index (κ1) is 20.3. The maximum atomic E-state index is 13.1. The molecule has 0 spiro atoms. The van der Waals surface area contributed by atoms with Gasteiger partial charge >= 0.3 is 0 Å². The van der Waals surface area contributed by atoms with E-state index in [1.807, 2.05) is 47.2 Å². The molecule has 4 rings (SSSR count). The summed E-state index contributed by atoms with van der Waals surface area (Å²) in [5.74, 6) is 1.68. The third kappa shape index (κ3) is 4.15. The maximum absolute atomic E-state index is 13.1. The Morgan fingerprint density at radius 3 is 2.67 bits per heavy atom. The van der Waals surface area contributed by atoms with E-state index in [9.17, 15) is 9.59 Å². The lowest BCUT2D eigenvalue weighted by molar-refractivity contribution is -0.134. The monoisotopic (exact) mass is 407 g/mol. The number of hydrogen-bond acceptors (Lipinski definition) is 5. The summed E-state index contributed by atoms with van der Waals surface area (Å²) in [4.78, 5) is 38.4. The molecule has 2 aliphatic heterocycles. The Bertz CT molecular complexity index is 913. The van der Waals surface area contributed by atoms with Crippen LogP contribution in [0.1, 0.15) is 54.9 Å². The molecule has 2 aromatic rings. The van der Waals surface area contributed by atoms with Crippen molar-refractivity contribution in [3.63, 3.8) is 0 Å². The van der Waals surface area contributed by atoms with Gasteiger partial charge in [0, 0.05) is 39.0 Å². The summed E-state index contributed by atoms with van der Waals surface area (Å²) >= 11 is 0. The van der Waals surface area contributed by atoms with Gasteiger partial charge in [-0.1, -0.05) is 30.3 Å². The fourth-order valence-corrected chi connectivity index (χ4v) is 4.43. The molecule has 2 amide bonds. The molecular formula is C23H29N5O2. The molecule has 1 fully saturated rings. The van der Waals surface area contributed by atoms with Crippen LogP contribution in [-0.4, -0.2) is 51.7 Å². The highest BCUT2D eigenvalue weighted by molar-refractivity contribution is 5.79. The Morgan fingerprint density at radius 2 is 1.93 bits per heavy atom. The lowest BCUT2D eigenvalue weighted by Gasteiger charge is -2.36. The number of hydrogen-bond donors (Lipinski definition) is 1. The smallest absolute Gasteiger partial charge is 0.227 e. The first-order valence-electron chi connectivity index (χ1n) is 10.7. The van der Waals surface area contributed by atoms with Crippen molar-refractivity contribution in [1.29, 1.82) is 0 Å². The van der Waals surface area contributed by atoms with E-state index >= 15 is 0 Å². The van der Waals surface area contributed by atoms with Crippen LogP contribution < -0.4 is 5.32 Å². The van der Waals surface area contributed by atoms with Crippen molar-refractivity contribution in [2.75, 3.05) is 25.5 Å². The van der Waals surface area contributed by atoms with Crippen molar-refractivity contribution in [1.82, 2.24) is 19.8 Å². The summed E-state index contributed by atoms with van der Waals surface area (Å²) in [5, 5.41) is 3.19. The van der Waals surface area contributed by atoms with Gasteiger partial charge < -0.3 is 15.1 Å². The summed E-state index contributed by atoms with van der Waals surface area (Å²) in [5.41, 5.74) is 3.00. The molecule has 30 heavy (non-hydrogen) atoms. The predicted molar refractivity (Wildman–Crippen MR) is 115 cm³/mol. The third-order valence-corrected chi connectivity index (χ3v) is 6.08. The summed E-state index contributed by atoms with van der Waals surface area (Å²) in [6, 6.07) is 9.78. The molecule has 2 aliphatic rings. The van der Waals surface area contributed by atoms with E-state index in [4.69, 9.17) is 9.97 Å². The van der Waals surface area contributed by atoms with Gasteiger partial charge in [0.05, 0.1) is 24.7 Å². The van der Waals surface area contributed by atoms with E-state index in [1.54, 1.807) is 6.92 Å². The van der Waals surface area contributed by atoms with Crippen LogP contribution in [0.5, 0.6) is 0 Å². The van der Waals surface area contributed by atoms with Gasteiger partial charge in [-0.2, -0.15) is 0 Å². The molecular weight excluding hydrogens is 378 g/mol. The van der Waals surface area contributed by atoms with Gasteiger partial charge in [-0.25, -0.2) is 9.97 Å². The molecule has 7 nitrogen and oxygen atoms in total. The van der Waals surface area contributed by atoms with Crippen LogP contribution in [0, 0.1) is 0 Å². The standard InChI is InChI=1S/C23H29N5O2/c1-16(29)27-13-11-19-18(15-27)22(24-2)26-23(25-19)20-10-6-7-12-28(20)21(30)14-17-8-4-3-5-9-17/h3-5,8-9,20H,6-7,10-15H2,1-2H3,(H,24,25,26). The number of carbonyl (C=O) groups is 2. The molecule has 1 unspecified atom stereocenters. The highest BCUT2D eigenvalue weighted by atomic mass is 16.2. The topological polar surface area (TPSA) is 78.4 Å². The Hall–Kier alpha value is -2.96. The highest BCUT2D eigenvalue weighted by Crippen LogP contribution is 2.32. The fraction of sp³-hybridized carbons (Fsp3) is 0.478. The van der Waals surface area contributed by atoms with Crippen molar-refractivity contribution >= 4 is 17.6 Å². The van der Waals surface area contributed by atoms with Crippen LogP contribution in [0.2, 0.25) is 0 Å². The van der Waals surface area contributed by atoms with Crippen LogP contribution in [0.3, 0.4) is 0 Å². The van der Waals surface area contributed by atoms with Crippen molar-refractivity contribution in [2.45, 2.75) is 51.6 Å². The molecule has 158 valence electrons. The number of nitrogens with zero attached hydrogens (tertiary/aromatic N) is 4. The quantitative estimate of drug-likeness (QED) is 0.843. The number of anilines is 1. The molecule has 1 saturated heterocycles. The Labute approximate surface area is 177 Å². The van der Waals surface area contributed by atoms with Crippen LogP contribution in [-0.2, 0) is 29.0 Å². The van der Waals surface area contributed by atoms with E-state index in [-0.39, 0.29) is 17.9 Å². The van der Waals surface area contributed by atoms with Crippen LogP contribution in [0.15, 0.2) is 30.3 Å². The molecule has 3 heterocycles. The zero-order chi connectivity index (χ0) is 21.1. The molecule has 0 bridgehead atoms. The number of amides is 2. The minimum atomic E-state index is -0.0989. The van der Waals surface area contributed by atoms with Crippen LogP contribution >= 0.6 is 0 Å². The molecule has 0 aliphatic carbocycles. The van der Waals surface area contributed by atoms with Crippen molar-refractivity contribution < 1.29 is 9.59 Å². The minimum absolute atomic E-state index is 0.0664. The van der Waals surface area contributed by atoms with Gasteiger partial charge in [0.25, 0.3) is 0 Å². The fourth-order valence-electron chi connectivity index (χ4n) is 4.43. The van der Waals surface area contributed by atoms with Gasteiger partial charge in [0.1, 0.15) is 5.82 Å². The zero-order valence-electron chi connectivity index (χ0n) is 17.7. The van der Waals surface area contributed by atoms with Gasteiger partial charge in [0.15, 0.2) is 5.82 Å². The highest BCUT2D eigenvalue weighted by Gasteiger charge is 2.32. The summed E-state index contributed by atoms with van der Waals surface area (Å²) in [6.45, 7) is 3.53. The second-order valence-electron chi connectivity index (χ2n) is 8.06. The van der Waals surface area contributed by atoms with Gasteiger partial charge in [-0.05, 0) is 24.8 Å². The molecule has 7 heteroatoms. The van der Waals surface area contributed by atoms with E-state index in [0.717, 1.165) is 54.3 Å². The van der Waals surface area contributed by atoms with Gasteiger partial charge in [-0.15, -0.1) is 0 Å². The molecule has 0 saturated carbocycles. The molecule has 1 atom stereocenters. The Kier molecular flexibility index (Phi) is 5.97. The van der Waals surface area contributed by atoms with E-state index in [1.165, 1.54) is 0 Å². The third-order valence-electron chi connectivity index (χ3n) is 6.08. The number of likely N-dealkylation sites (tertiary alicyclic amines) is 1. The Balaban J connectivity index is 1.61.